The highest BCUT2D eigenvalue weighted by Crippen LogP contribution is 2.47. The summed E-state index contributed by atoms with van der Waals surface area (Å²) in [5.74, 6) is -0.0769. The second-order valence-electron chi connectivity index (χ2n) is 5.97. The largest absolute Gasteiger partial charge is 0.481 e. The van der Waals surface area contributed by atoms with Gasteiger partial charge in [0.1, 0.15) is 0 Å². The molecule has 0 aliphatic heterocycles. The maximum absolute atomic E-state index is 12.8. The van der Waals surface area contributed by atoms with Crippen molar-refractivity contribution in [2.45, 2.75) is 25.1 Å². The first-order chi connectivity index (χ1) is 11.9. The third-order valence-corrected chi connectivity index (χ3v) is 4.25. The lowest BCUT2D eigenvalue weighted by Crippen LogP contribution is -2.25. The first-order valence-electron chi connectivity index (χ1n) is 7.83. The molecule has 2 atom stereocenters. The molecule has 1 N–H and O–H groups in total. The van der Waals surface area contributed by atoms with Crippen molar-refractivity contribution in [1.82, 2.24) is 10.3 Å². The van der Waals surface area contributed by atoms with E-state index in [-0.39, 0.29) is 35.7 Å². The second kappa shape index (κ2) is 6.74. The second-order valence-corrected chi connectivity index (χ2v) is 5.97. The molecule has 4 nitrogen and oxygen atoms in total. The minimum Gasteiger partial charge on any atom is -0.481 e. The number of alkyl halides is 3. The van der Waals surface area contributed by atoms with E-state index in [1.807, 2.05) is 30.3 Å². The molecule has 2 aromatic rings. The smallest absolute Gasteiger partial charge is 0.417 e. The molecule has 1 aliphatic rings. The number of ether oxygens (including phenoxy) is 1. The number of carbonyl (C=O) groups is 1. The van der Waals surface area contributed by atoms with Crippen molar-refractivity contribution in [3.8, 4) is 5.88 Å². The van der Waals surface area contributed by atoms with Gasteiger partial charge in [-0.05, 0) is 24.0 Å². The zero-order valence-electron chi connectivity index (χ0n) is 13.5. The zero-order chi connectivity index (χ0) is 18.0. The zero-order valence-corrected chi connectivity index (χ0v) is 13.5. The van der Waals surface area contributed by atoms with Crippen LogP contribution in [0.4, 0.5) is 13.2 Å². The van der Waals surface area contributed by atoms with Gasteiger partial charge in [-0.3, -0.25) is 4.79 Å². The molecular weight excluding hydrogens is 333 g/mol. The third kappa shape index (κ3) is 3.92. The summed E-state index contributed by atoms with van der Waals surface area (Å²) in [6.07, 6.45) is -3.03. The molecule has 1 aromatic heterocycles. The summed E-state index contributed by atoms with van der Waals surface area (Å²) >= 11 is 0. The van der Waals surface area contributed by atoms with Crippen LogP contribution in [0.25, 0.3) is 0 Å². The molecule has 1 heterocycles. The summed E-state index contributed by atoms with van der Waals surface area (Å²) in [5.41, 5.74) is 0.426. The number of nitrogens with one attached hydrogen (secondary N) is 1. The topological polar surface area (TPSA) is 51.2 Å². The van der Waals surface area contributed by atoms with Gasteiger partial charge in [-0.25, -0.2) is 4.98 Å². The van der Waals surface area contributed by atoms with Crippen molar-refractivity contribution in [1.29, 1.82) is 0 Å². The van der Waals surface area contributed by atoms with Crippen LogP contribution in [0.15, 0.2) is 42.6 Å². The third-order valence-electron chi connectivity index (χ3n) is 4.25. The quantitative estimate of drug-likeness (QED) is 0.898. The highest BCUT2D eigenvalue weighted by Gasteiger charge is 2.43. The predicted octanol–water partition coefficient (Wildman–Crippen LogP) is 3.53. The molecule has 2 unspecified atom stereocenters. The number of rotatable bonds is 5. The van der Waals surface area contributed by atoms with Crippen LogP contribution in [0.2, 0.25) is 0 Å². The number of aromatic nitrogens is 1. The number of benzene rings is 1. The Balaban J connectivity index is 1.65. The van der Waals surface area contributed by atoms with Gasteiger partial charge in [-0.15, -0.1) is 0 Å². The van der Waals surface area contributed by atoms with Gasteiger partial charge in [0.05, 0.1) is 12.7 Å². The van der Waals surface area contributed by atoms with E-state index in [4.69, 9.17) is 4.74 Å². The molecule has 1 aliphatic carbocycles. The predicted molar refractivity (Wildman–Crippen MR) is 84.9 cm³/mol. The van der Waals surface area contributed by atoms with Crippen LogP contribution < -0.4 is 10.1 Å². The van der Waals surface area contributed by atoms with Gasteiger partial charge in [0.25, 0.3) is 0 Å². The molecule has 1 aromatic carbocycles. The Morgan fingerprint density at radius 3 is 2.68 bits per heavy atom. The standard InChI is InChI=1S/C18H17F3N2O2/c1-25-17-12(7-13(10-23-17)18(19,20)21)9-22-16(24)15-8-14(15)11-5-3-2-4-6-11/h2-7,10,14-15H,8-9H2,1H3,(H,22,24). The van der Waals surface area contributed by atoms with Gasteiger partial charge < -0.3 is 10.1 Å². The fourth-order valence-electron chi connectivity index (χ4n) is 2.83. The van der Waals surface area contributed by atoms with E-state index in [9.17, 15) is 18.0 Å². The summed E-state index contributed by atoms with van der Waals surface area (Å²) in [5, 5.41) is 2.69. The Morgan fingerprint density at radius 2 is 2.04 bits per heavy atom. The Morgan fingerprint density at radius 1 is 1.32 bits per heavy atom. The molecule has 132 valence electrons. The highest BCUT2D eigenvalue weighted by atomic mass is 19.4. The SMILES string of the molecule is COc1ncc(C(F)(F)F)cc1CNC(=O)C1CC1c1ccccc1. The van der Waals surface area contributed by atoms with E-state index in [0.717, 1.165) is 24.2 Å². The highest BCUT2D eigenvalue weighted by molar-refractivity contribution is 5.82. The van der Waals surface area contributed by atoms with Crippen molar-refractivity contribution in [2.75, 3.05) is 7.11 Å². The lowest BCUT2D eigenvalue weighted by molar-refractivity contribution is -0.137. The van der Waals surface area contributed by atoms with E-state index in [2.05, 4.69) is 10.3 Å². The maximum Gasteiger partial charge on any atom is 0.417 e. The number of pyridine rings is 1. The van der Waals surface area contributed by atoms with Crippen molar-refractivity contribution in [3.05, 3.63) is 59.3 Å². The van der Waals surface area contributed by atoms with Crippen LogP contribution in [0.1, 0.15) is 29.0 Å². The first kappa shape index (κ1) is 17.3. The number of methoxy groups -OCH3 is 1. The molecule has 7 heteroatoms. The normalized spacial score (nSPS) is 19.4. The van der Waals surface area contributed by atoms with E-state index in [1.165, 1.54) is 7.11 Å². The fourth-order valence-corrected chi connectivity index (χ4v) is 2.83. The minimum atomic E-state index is -4.49. The van der Waals surface area contributed by atoms with Crippen LogP contribution in [0, 0.1) is 5.92 Å². The monoisotopic (exact) mass is 350 g/mol. The van der Waals surface area contributed by atoms with Crippen molar-refractivity contribution in [2.24, 2.45) is 5.92 Å². The van der Waals surface area contributed by atoms with Gasteiger partial charge in [0, 0.05) is 24.2 Å². The lowest BCUT2D eigenvalue weighted by Gasteiger charge is -2.12. The maximum atomic E-state index is 12.8. The number of nitrogens with zero attached hydrogens (tertiary/aromatic N) is 1. The Hall–Kier alpha value is -2.57. The molecule has 1 fully saturated rings. The number of carbonyl (C=O) groups excluding carboxylic acids is 1. The van der Waals surface area contributed by atoms with Crippen LogP contribution >= 0.6 is 0 Å². The summed E-state index contributed by atoms with van der Waals surface area (Å²) in [4.78, 5) is 15.9. The summed E-state index contributed by atoms with van der Waals surface area (Å²) < 4.78 is 43.4. The molecule has 1 amide bonds. The van der Waals surface area contributed by atoms with Crippen molar-refractivity contribution in [3.63, 3.8) is 0 Å². The first-order valence-corrected chi connectivity index (χ1v) is 7.83. The Kier molecular flexibility index (Phi) is 4.65. The molecule has 0 bridgehead atoms. The summed E-state index contributed by atoms with van der Waals surface area (Å²) in [7, 11) is 1.33. The number of hydrogen-bond acceptors (Lipinski definition) is 3. The van der Waals surface area contributed by atoms with Crippen LogP contribution in [0.5, 0.6) is 5.88 Å². The average molecular weight is 350 g/mol. The van der Waals surface area contributed by atoms with Crippen molar-refractivity contribution < 1.29 is 22.7 Å². The van der Waals surface area contributed by atoms with Crippen LogP contribution in [-0.4, -0.2) is 18.0 Å². The molecule has 0 radical (unpaired) electrons. The van der Waals surface area contributed by atoms with Gasteiger partial charge >= 0.3 is 6.18 Å². The van der Waals surface area contributed by atoms with Gasteiger partial charge in [0.2, 0.25) is 11.8 Å². The Labute approximate surface area is 143 Å². The van der Waals surface area contributed by atoms with Crippen LogP contribution in [-0.2, 0) is 17.5 Å². The number of amides is 1. The summed E-state index contributed by atoms with van der Waals surface area (Å²) in [6.45, 7) is -0.0586. The number of hydrogen-bond donors (Lipinski definition) is 1. The van der Waals surface area contributed by atoms with E-state index >= 15 is 0 Å². The number of halogens is 3. The average Bonchev–Trinajstić information content (AvgIpc) is 3.40. The molecular formula is C18H17F3N2O2. The molecule has 0 saturated heterocycles. The van der Waals surface area contributed by atoms with Gasteiger partial charge in [0.15, 0.2) is 0 Å². The molecule has 1 saturated carbocycles. The Bertz CT molecular complexity index is 763. The minimum absolute atomic E-state index is 0.0586. The lowest BCUT2D eigenvalue weighted by atomic mass is 10.1. The van der Waals surface area contributed by atoms with Gasteiger partial charge in [-0.2, -0.15) is 13.2 Å². The fraction of sp³-hybridized carbons (Fsp3) is 0.333. The molecule has 3 rings (SSSR count). The molecule has 0 spiro atoms. The van der Waals surface area contributed by atoms with Gasteiger partial charge in [-0.1, -0.05) is 30.3 Å². The molecule has 25 heavy (non-hydrogen) atoms. The van der Waals surface area contributed by atoms with E-state index in [1.54, 1.807) is 0 Å². The van der Waals surface area contributed by atoms with E-state index < -0.39 is 11.7 Å². The van der Waals surface area contributed by atoms with Crippen LogP contribution in [0.3, 0.4) is 0 Å². The van der Waals surface area contributed by atoms with Crippen molar-refractivity contribution >= 4 is 5.91 Å². The summed E-state index contributed by atoms with van der Waals surface area (Å²) in [6, 6.07) is 10.6. The van der Waals surface area contributed by atoms with E-state index in [0.29, 0.717) is 0 Å².